The SMILES string of the molecule is COc1ccc2c(c1)c(=O)oc1cc(CC(N)=O)ccc12. The molecule has 0 aliphatic carbocycles. The molecule has 5 nitrogen and oxygen atoms in total. The third-order valence-electron chi connectivity index (χ3n) is 3.36. The van der Waals surface area contributed by atoms with Crippen LogP contribution in [0.4, 0.5) is 0 Å². The molecule has 5 heteroatoms. The fourth-order valence-corrected chi connectivity index (χ4v) is 2.39. The van der Waals surface area contributed by atoms with E-state index in [-0.39, 0.29) is 6.42 Å². The Morgan fingerprint density at radius 2 is 1.90 bits per heavy atom. The highest BCUT2D eigenvalue weighted by Crippen LogP contribution is 2.26. The number of amides is 1. The molecular weight excluding hydrogens is 270 g/mol. The number of fused-ring (bicyclic) bond motifs is 3. The topological polar surface area (TPSA) is 82.5 Å². The quantitative estimate of drug-likeness (QED) is 0.588. The van der Waals surface area contributed by atoms with Crippen molar-refractivity contribution in [1.82, 2.24) is 0 Å². The molecule has 0 unspecified atom stereocenters. The van der Waals surface area contributed by atoms with Crippen molar-refractivity contribution in [1.29, 1.82) is 0 Å². The van der Waals surface area contributed by atoms with Crippen LogP contribution < -0.4 is 16.1 Å². The molecule has 106 valence electrons. The first-order chi connectivity index (χ1) is 10.1. The highest BCUT2D eigenvalue weighted by Gasteiger charge is 2.09. The second kappa shape index (κ2) is 4.94. The zero-order valence-corrected chi connectivity index (χ0v) is 11.4. The Balaban J connectivity index is 2.29. The lowest BCUT2D eigenvalue weighted by atomic mass is 10.0. The van der Waals surface area contributed by atoms with E-state index in [1.54, 1.807) is 31.4 Å². The minimum atomic E-state index is -0.437. The Morgan fingerprint density at radius 3 is 2.62 bits per heavy atom. The maximum Gasteiger partial charge on any atom is 0.344 e. The van der Waals surface area contributed by atoms with Gasteiger partial charge in [0.2, 0.25) is 5.91 Å². The Morgan fingerprint density at radius 1 is 1.14 bits per heavy atom. The second-order valence-electron chi connectivity index (χ2n) is 4.77. The normalized spacial score (nSPS) is 10.9. The summed E-state index contributed by atoms with van der Waals surface area (Å²) in [5, 5.41) is 2.05. The van der Waals surface area contributed by atoms with E-state index >= 15 is 0 Å². The summed E-state index contributed by atoms with van der Waals surface area (Å²) in [7, 11) is 1.54. The van der Waals surface area contributed by atoms with Gasteiger partial charge in [0.25, 0.3) is 0 Å². The van der Waals surface area contributed by atoms with Gasteiger partial charge in [-0.2, -0.15) is 0 Å². The van der Waals surface area contributed by atoms with E-state index in [2.05, 4.69) is 0 Å². The van der Waals surface area contributed by atoms with Gasteiger partial charge in [0, 0.05) is 10.8 Å². The predicted octanol–water partition coefficient (Wildman–Crippen LogP) is 1.98. The molecule has 3 aromatic rings. The van der Waals surface area contributed by atoms with Crippen LogP contribution in [0.2, 0.25) is 0 Å². The number of carbonyl (C=O) groups excluding carboxylic acids is 1. The largest absolute Gasteiger partial charge is 0.497 e. The lowest BCUT2D eigenvalue weighted by Crippen LogP contribution is -2.13. The zero-order chi connectivity index (χ0) is 15.0. The van der Waals surface area contributed by atoms with Gasteiger partial charge in [-0.15, -0.1) is 0 Å². The van der Waals surface area contributed by atoms with E-state index in [4.69, 9.17) is 14.9 Å². The highest BCUT2D eigenvalue weighted by molar-refractivity contribution is 6.04. The molecule has 2 N–H and O–H groups in total. The van der Waals surface area contributed by atoms with Crippen LogP contribution in [0, 0.1) is 0 Å². The molecule has 1 heterocycles. The van der Waals surface area contributed by atoms with Gasteiger partial charge in [-0.05, 0) is 29.8 Å². The molecule has 21 heavy (non-hydrogen) atoms. The van der Waals surface area contributed by atoms with Gasteiger partial charge in [-0.3, -0.25) is 4.79 Å². The lowest BCUT2D eigenvalue weighted by Gasteiger charge is -2.06. The van der Waals surface area contributed by atoms with Crippen molar-refractivity contribution >= 4 is 27.6 Å². The maximum absolute atomic E-state index is 12.1. The molecule has 0 spiro atoms. The number of methoxy groups -OCH3 is 1. The molecule has 0 saturated heterocycles. The number of ether oxygens (including phenoxy) is 1. The predicted molar refractivity (Wildman–Crippen MR) is 79.4 cm³/mol. The number of primary amides is 1. The van der Waals surface area contributed by atoms with Crippen LogP contribution in [0.25, 0.3) is 21.7 Å². The average Bonchev–Trinajstić information content (AvgIpc) is 2.46. The number of nitrogens with two attached hydrogens (primary N) is 1. The van der Waals surface area contributed by atoms with Crippen molar-refractivity contribution < 1.29 is 13.9 Å². The summed E-state index contributed by atoms with van der Waals surface area (Å²) in [5.41, 5.74) is 5.89. The van der Waals surface area contributed by atoms with Crippen molar-refractivity contribution in [3.63, 3.8) is 0 Å². The van der Waals surface area contributed by atoms with Crippen LogP contribution >= 0.6 is 0 Å². The van der Waals surface area contributed by atoms with E-state index in [1.807, 2.05) is 12.1 Å². The molecule has 1 amide bonds. The molecule has 2 aromatic carbocycles. The number of hydrogen-bond acceptors (Lipinski definition) is 4. The fraction of sp³-hybridized carbons (Fsp3) is 0.125. The smallest absolute Gasteiger partial charge is 0.344 e. The molecule has 1 aromatic heterocycles. The van der Waals surface area contributed by atoms with Gasteiger partial charge in [-0.1, -0.05) is 12.1 Å². The Bertz CT molecular complexity index is 911. The second-order valence-corrected chi connectivity index (χ2v) is 4.77. The van der Waals surface area contributed by atoms with Crippen molar-refractivity contribution in [2.45, 2.75) is 6.42 Å². The number of benzene rings is 2. The van der Waals surface area contributed by atoms with Crippen molar-refractivity contribution in [3.8, 4) is 5.75 Å². The van der Waals surface area contributed by atoms with Gasteiger partial charge < -0.3 is 14.9 Å². The van der Waals surface area contributed by atoms with E-state index < -0.39 is 11.5 Å². The molecule has 0 bridgehead atoms. The summed E-state index contributed by atoms with van der Waals surface area (Å²) in [6, 6.07) is 10.6. The third kappa shape index (κ3) is 2.33. The minimum absolute atomic E-state index is 0.111. The van der Waals surface area contributed by atoms with Gasteiger partial charge in [-0.25, -0.2) is 4.79 Å². The number of hydrogen-bond donors (Lipinski definition) is 1. The first-order valence-corrected chi connectivity index (χ1v) is 6.40. The standard InChI is InChI=1S/C16H13NO4/c1-20-10-3-5-11-12-4-2-9(7-15(17)18)6-14(12)21-16(19)13(11)8-10/h2-6,8H,7H2,1H3,(H2,17,18). The molecule has 0 atom stereocenters. The summed E-state index contributed by atoms with van der Waals surface area (Å²) in [6.07, 6.45) is 0.111. The Kier molecular flexibility index (Phi) is 3.10. The summed E-state index contributed by atoms with van der Waals surface area (Å²) >= 11 is 0. The summed E-state index contributed by atoms with van der Waals surface area (Å²) in [5.74, 6) is 0.168. The number of rotatable bonds is 3. The van der Waals surface area contributed by atoms with E-state index in [0.717, 1.165) is 10.8 Å². The molecule has 0 radical (unpaired) electrons. The summed E-state index contributed by atoms with van der Waals surface area (Å²) < 4.78 is 10.5. The molecule has 0 fully saturated rings. The van der Waals surface area contributed by atoms with Crippen molar-refractivity contribution in [2.24, 2.45) is 5.73 Å². The summed E-state index contributed by atoms with van der Waals surface area (Å²) in [6.45, 7) is 0. The maximum atomic E-state index is 12.1. The third-order valence-corrected chi connectivity index (χ3v) is 3.36. The highest BCUT2D eigenvalue weighted by atomic mass is 16.5. The van der Waals surface area contributed by atoms with Crippen LogP contribution in [-0.2, 0) is 11.2 Å². The van der Waals surface area contributed by atoms with Crippen LogP contribution in [0.15, 0.2) is 45.6 Å². The van der Waals surface area contributed by atoms with E-state index in [0.29, 0.717) is 22.3 Å². The van der Waals surface area contributed by atoms with Crippen LogP contribution in [0.5, 0.6) is 5.75 Å². The van der Waals surface area contributed by atoms with Gasteiger partial charge in [0.1, 0.15) is 11.3 Å². The van der Waals surface area contributed by atoms with E-state index in [1.165, 1.54) is 0 Å². The minimum Gasteiger partial charge on any atom is -0.497 e. The van der Waals surface area contributed by atoms with Gasteiger partial charge >= 0.3 is 5.63 Å². The van der Waals surface area contributed by atoms with Gasteiger partial charge in [0.05, 0.1) is 18.9 Å². The van der Waals surface area contributed by atoms with E-state index in [9.17, 15) is 9.59 Å². The first-order valence-electron chi connectivity index (χ1n) is 6.40. The fourth-order valence-electron chi connectivity index (χ4n) is 2.39. The molecule has 0 aliphatic heterocycles. The summed E-state index contributed by atoms with van der Waals surface area (Å²) in [4.78, 5) is 23.1. The first kappa shape index (κ1) is 13.2. The van der Waals surface area contributed by atoms with Gasteiger partial charge in [0.15, 0.2) is 0 Å². The molecule has 0 aliphatic rings. The Hall–Kier alpha value is -2.82. The molecule has 3 rings (SSSR count). The van der Waals surface area contributed by atoms with Crippen LogP contribution in [0.3, 0.4) is 0 Å². The van der Waals surface area contributed by atoms with Crippen molar-refractivity contribution in [3.05, 3.63) is 52.4 Å². The number of carbonyl (C=O) groups is 1. The lowest BCUT2D eigenvalue weighted by molar-refractivity contribution is -0.117. The van der Waals surface area contributed by atoms with Crippen LogP contribution in [-0.4, -0.2) is 13.0 Å². The molecular formula is C16H13NO4. The van der Waals surface area contributed by atoms with Crippen LogP contribution in [0.1, 0.15) is 5.56 Å². The zero-order valence-electron chi connectivity index (χ0n) is 11.4. The Labute approximate surface area is 119 Å². The average molecular weight is 283 g/mol. The molecule has 0 saturated carbocycles. The van der Waals surface area contributed by atoms with Crippen molar-refractivity contribution in [2.75, 3.05) is 7.11 Å². The monoisotopic (exact) mass is 283 g/mol.